The zero-order valence-electron chi connectivity index (χ0n) is 16.6. The first kappa shape index (κ1) is 18.6. The average Bonchev–Trinajstić information content (AvgIpc) is 3.50. The minimum Gasteiger partial charge on any atom is -0.467 e. The van der Waals surface area contributed by atoms with E-state index in [-0.39, 0.29) is 12.1 Å². The molecule has 150 valence electrons. The number of benzene rings is 1. The molecule has 0 aliphatic carbocycles. The van der Waals surface area contributed by atoms with Gasteiger partial charge in [0.05, 0.1) is 30.6 Å². The van der Waals surface area contributed by atoms with E-state index in [4.69, 9.17) is 16.6 Å². The molecule has 0 radical (unpaired) electrons. The van der Waals surface area contributed by atoms with Gasteiger partial charge in [0.15, 0.2) is 5.11 Å². The van der Waals surface area contributed by atoms with Crippen molar-refractivity contribution in [3.8, 4) is 5.69 Å². The van der Waals surface area contributed by atoms with Gasteiger partial charge in [-0.3, -0.25) is 4.98 Å². The Bertz CT molecular complexity index is 1150. The first-order chi connectivity index (χ1) is 14.7. The summed E-state index contributed by atoms with van der Waals surface area (Å²) in [5.41, 5.74) is 4.46. The number of aryl methyl sites for hydroxylation is 1. The van der Waals surface area contributed by atoms with Gasteiger partial charge in [-0.15, -0.1) is 0 Å². The van der Waals surface area contributed by atoms with Crippen LogP contribution in [0, 0.1) is 6.92 Å². The van der Waals surface area contributed by atoms with Crippen molar-refractivity contribution in [2.75, 3.05) is 0 Å². The van der Waals surface area contributed by atoms with E-state index in [1.54, 1.807) is 6.26 Å². The van der Waals surface area contributed by atoms with Crippen LogP contribution >= 0.6 is 12.2 Å². The second kappa shape index (κ2) is 7.80. The van der Waals surface area contributed by atoms with E-state index < -0.39 is 0 Å². The van der Waals surface area contributed by atoms with Crippen LogP contribution in [0.1, 0.15) is 34.8 Å². The van der Waals surface area contributed by atoms with Crippen LogP contribution in [0.15, 0.2) is 89.8 Å². The van der Waals surface area contributed by atoms with Gasteiger partial charge in [0.1, 0.15) is 5.76 Å². The third-order valence-electron chi connectivity index (χ3n) is 5.47. The van der Waals surface area contributed by atoms with E-state index in [0.717, 1.165) is 22.8 Å². The van der Waals surface area contributed by atoms with Crippen molar-refractivity contribution in [1.29, 1.82) is 0 Å². The highest BCUT2D eigenvalue weighted by Gasteiger charge is 2.41. The Morgan fingerprint density at radius 3 is 2.77 bits per heavy atom. The lowest BCUT2D eigenvalue weighted by Crippen LogP contribution is -2.29. The van der Waals surface area contributed by atoms with Gasteiger partial charge >= 0.3 is 0 Å². The molecule has 0 amide bonds. The normalized spacial score (nSPS) is 18.6. The monoisotopic (exact) mass is 414 g/mol. The van der Waals surface area contributed by atoms with E-state index in [2.05, 4.69) is 69.3 Å². The van der Waals surface area contributed by atoms with Crippen LogP contribution in [-0.2, 0) is 6.54 Å². The van der Waals surface area contributed by atoms with Crippen molar-refractivity contribution in [1.82, 2.24) is 19.8 Å². The number of hydrogen-bond donors (Lipinski definition) is 1. The van der Waals surface area contributed by atoms with E-state index in [0.29, 0.717) is 11.7 Å². The average molecular weight is 415 g/mol. The maximum atomic E-state index is 5.76. The van der Waals surface area contributed by atoms with E-state index in [9.17, 15) is 0 Å². The van der Waals surface area contributed by atoms with Crippen LogP contribution < -0.4 is 5.32 Å². The topological polar surface area (TPSA) is 46.2 Å². The fourth-order valence-electron chi connectivity index (χ4n) is 4.12. The van der Waals surface area contributed by atoms with Crippen LogP contribution in [0.2, 0.25) is 0 Å². The van der Waals surface area contributed by atoms with Crippen molar-refractivity contribution in [3.05, 3.63) is 108 Å². The number of rotatable bonds is 5. The Morgan fingerprint density at radius 2 is 2.00 bits per heavy atom. The molecule has 1 aliphatic heterocycles. The van der Waals surface area contributed by atoms with Crippen molar-refractivity contribution in [2.24, 2.45) is 0 Å². The number of thiocarbonyl (C=S) groups is 1. The Morgan fingerprint density at radius 1 is 1.07 bits per heavy atom. The van der Waals surface area contributed by atoms with Crippen LogP contribution in [0.3, 0.4) is 0 Å². The smallest absolute Gasteiger partial charge is 0.170 e. The van der Waals surface area contributed by atoms with Gasteiger partial charge in [-0.2, -0.15) is 0 Å². The SMILES string of the molecule is Cc1cccc(-n2cccc2[C@@H]2[C@H](c3ccccn3)NC(=S)N2Cc2ccco2)c1. The number of pyridine rings is 1. The summed E-state index contributed by atoms with van der Waals surface area (Å²) in [4.78, 5) is 6.81. The molecule has 0 spiro atoms. The van der Waals surface area contributed by atoms with Gasteiger partial charge in [-0.05, 0) is 73.2 Å². The lowest BCUT2D eigenvalue weighted by atomic mass is 10.0. The Balaban J connectivity index is 1.61. The van der Waals surface area contributed by atoms with Crippen molar-refractivity contribution >= 4 is 17.3 Å². The number of nitrogens with zero attached hydrogens (tertiary/aromatic N) is 3. The van der Waals surface area contributed by atoms with E-state index in [1.165, 1.54) is 5.56 Å². The van der Waals surface area contributed by atoms with E-state index in [1.807, 2.05) is 36.5 Å². The molecule has 30 heavy (non-hydrogen) atoms. The molecule has 1 aliphatic rings. The zero-order chi connectivity index (χ0) is 20.5. The summed E-state index contributed by atoms with van der Waals surface area (Å²) in [7, 11) is 0. The van der Waals surface area contributed by atoms with Crippen molar-refractivity contribution < 1.29 is 4.42 Å². The number of nitrogens with one attached hydrogen (secondary N) is 1. The summed E-state index contributed by atoms with van der Waals surface area (Å²) < 4.78 is 7.86. The maximum absolute atomic E-state index is 5.76. The quantitative estimate of drug-likeness (QED) is 0.469. The third kappa shape index (κ3) is 3.39. The minimum absolute atomic E-state index is 0.0342. The lowest BCUT2D eigenvalue weighted by molar-refractivity contribution is 0.280. The van der Waals surface area contributed by atoms with Gasteiger partial charge in [0.25, 0.3) is 0 Å². The Labute approximate surface area is 181 Å². The Hall–Kier alpha value is -3.38. The highest BCUT2D eigenvalue weighted by atomic mass is 32.1. The van der Waals surface area contributed by atoms with E-state index >= 15 is 0 Å². The maximum Gasteiger partial charge on any atom is 0.170 e. The van der Waals surface area contributed by atoms with Crippen LogP contribution in [0.25, 0.3) is 5.69 Å². The predicted octanol–water partition coefficient (Wildman–Crippen LogP) is 4.95. The molecule has 5 rings (SSSR count). The lowest BCUT2D eigenvalue weighted by Gasteiger charge is -2.28. The first-order valence-corrected chi connectivity index (χ1v) is 10.4. The second-order valence-electron chi connectivity index (χ2n) is 7.48. The van der Waals surface area contributed by atoms with Gasteiger partial charge < -0.3 is 19.2 Å². The van der Waals surface area contributed by atoms with Crippen LogP contribution in [0.5, 0.6) is 0 Å². The fourth-order valence-corrected chi connectivity index (χ4v) is 4.42. The molecule has 1 fully saturated rings. The second-order valence-corrected chi connectivity index (χ2v) is 7.86. The molecule has 1 saturated heterocycles. The van der Waals surface area contributed by atoms with Gasteiger partial charge in [0, 0.05) is 23.8 Å². The van der Waals surface area contributed by atoms with Crippen molar-refractivity contribution in [2.45, 2.75) is 25.6 Å². The number of furan rings is 1. The minimum atomic E-state index is -0.0629. The molecule has 0 bridgehead atoms. The molecule has 2 atom stereocenters. The molecule has 4 heterocycles. The Kier molecular flexibility index (Phi) is 4.85. The highest BCUT2D eigenvalue weighted by molar-refractivity contribution is 7.80. The molecule has 1 N–H and O–H groups in total. The molecule has 4 aromatic rings. The summed E-state index contributed by atoms with van der Waals surface area (Å²) in [6.07, 6.45) is 5.63. The third-order valence-corrected chi connectivity index (χ3v) is 5.82. The number of aromatic nitrogens is 2. The van der Waals surface area contributed by atoms with Gasteiger partial charge in [-0.25, -0.2) is 0 Å². The van der Waals surface area contributed by atoms with Gasteiger partial charge in [0.2, 0.25) is 0 Å². The molecular weight excluding hydrogens is 392 g/mol. The molecule has 3 aromatic heterocycles. The summed E-state index contributed by atoms with van der Waals surface area (Å²) >= 11 is 5.76. The molecule has 1 aromatic carbocycles. The molecular formula is C24H22N4OS. The largest absolute Gasteiger partial charge is 0.467 e. The molecule has 5 nitrogen and oxygen atoms in total. The zero-order valence-corrected chi connectivity index (χ0v) is 17.4. The highest BCUT2D eigenvalue weighted by Crippen LogP contribution is 2.40. The molecule has 0 saturated carbocycles. The number of hydrogen-bond acceptors (Lipinski definition) is 3. The molecule has 6 heteroatoms. The summed E-state index contributed by atoms with van der Waals surface area (Å²) in [6.45, 7) is 2.70. The van der Waals surface area contributed by atoms with Crippen LogP contribution in [-0.4, -0.2) is 19.6 Å². The molecule has 0 unspecified atom stereocenters. The summed E-state index contributed by atoms with van der Waals surface area (Å²) in [5, 5.41) is 4.20. The standard InChI is InChI=1S/C24H22N4OS/c1-17-7-4-8-18(15-17)27-13-5-11-21(27)23-22(20-10-2-3-12-25-20)26-24(30)28(23)16-19-9-6-14-29-19/h2-15,22-23H,16H2,1H3,(H,26,30)/t22-,23+/m0/s1. The first-order valence-electron chi connectivity index (χ1n) is 9.95. The van der Waals surface area contributed by atoms with Gasteiger partial charge in [-0.1, -0.05) is 18.2 Å². The fraction of sp³-hybridized carbons (Fsp3) is 0.167. The van der Waals surface area contributed by atoms with Crippen molar-refractivity contribution in [3.63, 3.8) is 0 Å². The summed E-state index contributed by atoms with van der Waals surface area (Å²) in [6, 6.07) is 22.5. The summed E-state index contributed by atoms with van der Waals surface area (Å²) in [5.74, 6) is 0.875. The predicted molar refractivity (Wildman–Crippen MR) is 120 cm³/mol. The van der Waals surface area contributed by atoms with Crippen LogP contribution in [0.4, 0.5) is 0 Å².